The minimum Gasteiger partial charge on any atom is -0.450 e. The highest BCUT2D eigenvalue weighted by Crippen LogP contribution is 2.38. The van der Waals surface area contributed by atoms with E-state index in [1.165, 1.54) is 35.2 Å². The molecule has 2 heterocycles. The van der Waals surface area contributed by atoms with Gasteiger partial charge in [-0.1, -0.05) is 12.1 Å². The molecule has 27 heavy (non-hydrogen) atoms. The fourth-order valence-electron chi connectivity index (χ4n) is 3.46. The molecule has 0 fully saturated rings. The molecule has 0 spiro atoms. The van der Waals surface area contributed by atoms with Crippen molar-refractivity contribution in [1.82, 2.24) is 4.90 Å². The van der Waals surface area contributed by atoms with Crippen LogP contribution in [0.3, 0.4) is 0 Å². The third-order valence-corrected chi connectivity index (χ3v) is 4.67. The van der Waals surface area contributed by atoms with Gasteiger partial charge in [0.15, 0.2) is 5.43 Å². The number of carbonyl (C=O) groups excluding carboxylic acids is 1. The van der Waals surface area contributed by atoms with Gasteiger partial charge in [-0.15, -0.1) is 0 Å². The number of fused-ring (bicyclic) bond motifs is 2. The standard InChI is InChI=1S/C20H15F2NO4/c21-12-4-2-11(3-5-12)17-16-18(25)14-10-13(22)6-7-15(14)27-19(16)20(26)23(17)8-1-9-24/h2-7,10,17,24H,1,8-9H2/t17-/m1/s1. The van der Waals surface area contributed by atoms with E-state index in [2.05, 4.69) is 0 Å². The van der Waals surface area contributed by atoms with E-state index in [1.54, 1.807) is 0 Å². The lowest BCUT2D eigenvalue weighted by Gasteiger charge is -2.24. The van der Waals surface area contributed by atoms with Crippen molar-refractivity contribution in [3.63, 3.8) is 0 Å². The first-order chi connectivity index (χ1) is 13.0. The molecule has 7 heteroatoms. The first-order valence-corrected chi connectivity index (χ1v) is 8.45. The number of benzene rings is 2. The van der Waals surface area contributed by atoms with E-state index in [0.29, 0.717) is 12.0 Å². The van der Waals surface area contributed by atoms with Crippen LogP contribution in [0, 0.1) is 11.6 Å². The van der Waals surface area contributed by atoms with Gasteiger partial charge in [0.1, 0.15) is 17.2 Å². The van der Waals surface area contributed by atoms with Crippen LogP contribution in [-0.4, -0.2) is 29.1 Å². The number of aliphatic hydroxyl groups excluding tert-OH is 1. The average Bonchev–Trinajstić information content (AvgIpc) is 2.94. The van der Waals surface area contributed by atoms with Gasteiger partial charge in [0.05, 0.1) is 17.0 Å². The molecule has 138 valence electrons. The molecule has 1 aliphatic rings. The van der Waals surface area contributed by atoms with Gasteiger partial charge in [-0.3, -0.25) is 9.59 Å². The molecule has 0 bridgehead atoms. The van der Waals surface area contributed by atoms with Gasteiger partial charge >= 0.3 is 0 Å². The maximum atomic E-state index is 13.6. The van der Waals surface area contributed by atoms with E-state index in [4.69, 9.17) is 9.52 Å². The van der Waals surface area contributed by atoms with Crippen molar-refractivity contribution in [3.05, 3.63) is 81.2 Å². The Kier molecular flexibility index (Phi) is 4.24. The highest BCUT2D eigenvalue weighted by molar-refractivity contribution is 5.99. The van der Waals surface area contributed by atoms with E-state index in [0.717, 1.165) is 12.1 Å². The SMILES string of the molecule is O=C1c2oc3ccc(F)cc3c(=O)c2[C@@H](c2ccc(F)cc2)N1CCCO. The molecule has 0 unspecified atom stereocenters. The Bertz CT molecular complexity index is 1090. The summed E-state index contributed by atoms with van der Waals surface area (Å²) in [6.45, 7) is 0.0521. The van der Waals surface area contributed by atoms with Crippen molar-refractivity contribution in [3.8, 4) is 0 Å². The molecule has 2 aromatic carbocycles. The van der Waals surface area contributed by atoms with Crippen LogP contribution in [0.1, 0.15) is 34.1 Å². The lowest BCUT2D eigenvalue weighted by Crippen LogP contribution is -2.31. The smallest absolute Gasteiger partial charge is 0.290 e. The summed E-state index contributed by atoms with van der Waals surface area (Å²) in [5.74, 6) is -1.63. The Morgan fingerprint density at radius 2 is 1.74 bits per heavy atom. The van der Waals surface area contributed by atoms with E-state index in [1.807, 2.05) is 0 Å². The van der Waals surface area contributed by atoms with E-state index >= 15 is 0 Å². The second-order valence-electron chi connectivity index (χ2n) is 6.34. The molecule has 1 atom stereocenters. The largest absolute Gasteiger partial charge is 0.450 e. The predicted octanol–water partition coefficient (Wildman–Crippen LogP) is 3.00. The molecule has 1 amide bonds. The molecular weight excluding hydrogens is 356 g/mol. The number of halogens is 2. The van der Waals surface area contributed by atoms with Crippen LogP contribution in [-0.2, 0) is 0 Å². The predicted molar refractivity (Wildman–Crippen MR) is 93.4 cm³/mol. The molecule has 5 nitrogen and oxygen atoms in total. The number of aliphatic hydroxyl groups is 1. The zero-order valence-electron chi connectivity index (χ0n) is 14.1. The maximum absolute atomic E-state index is 13.6. The first kappa shape index (κ1) is 17.4. The molecule has 1 N–H and O–H groups in total. The molecule has 0 saturated carbocycles. The van der Waals surface area contributed by atoms with Crippen LogP contribution in [0.4, 0.5) is 8.78 Å². The highest BCUT2D eigenvalue weighted by Gasteiger charge is 2.42. The fourth-order valence-corrected chi connectivity index (χ4v) is 3.46. The number of hydrogen-bond acceptors (Lipinski definition) is 4. The summed E-state index contributed by atoms with van der Waals surface area (Å²) in [6.07, 6.45) is 0.305. The van der Waals surface area contributed by atoms with E-state index in [-0.39, 0.29) is 35.4 Å². The third kappa shape index (κ3) is 2.80. The Morgan fingerprint density at radius 1 is 1.04 bits per heavy atom. The molecule has 0 aliphatic carbocycles. The summed E-state index contributed by atoms with van der Waals surface area (Å²) in [7, 11) is 0. The van der Waals surface area contributed by atoms with Crippen molar-refractivity contribution < 1.29 is 23.1 Å². The first-order valence-electron chi connectivity index (χ1n) is 8.45. The lowest BCUT2D eigenvalue weighted by molar-refractivity contribution is 0.0716. The van der Waals surface area contributed by atoms with Gasteiger partial charge in [-0.05, 0) is 42.3 Å². The molecular formula is C20H15F2NO4. The zero-order valence-corrected chi connectivity index (χ0v) is 14.1. The van der Waals surface area contributed by atoms with Gasteiger partial charge in [0.2, 0.25) is 5.76 Å². The third-order valence-electron chi connectivity index (χ3n) is 4.67. The second-order valence-corrected chi connectivity index (χ2v) is 6.34. The normalized spacial score (nSPS) is 16.2. The summed E-state index contributed by atoms with van der Waals surface area (Å²) >= 11 is 0. The van der Waals surface area contributed by atoms with Crippen LogP contribution in [0.2, 0.25) is 0 Å². The highest BCUT2D eigenvalue weighted by atomic mass is 19.1. The molecule has 1 aromatic heterocycles. The van der Waals surface area contributed by atoms with Gasteiger partial charge in [0, 0.05) is 13.2 Å². The Labute approximate surface area is 152 Å². The topological polar surface area (TPSA) is 70.8 Å². The lowest BCUT2D eigenvalue weighted by atomic mass is 9.98. The maximum Gasteiger partial charge on any atom is 0.290 e. The second kappa shape index (κ2) is 6.59. The number of hydrogen-bond donors (Lipinski definition) is 1. The van der Waals surface area contributed by atoms with Crippen molar-refractivity contribution in [1.29, 1.82) is 0 Å². The van der Waals surface area contributed by atoms with Gasteiger partial charge < -0.3 is 14.4 Å². The number of carbonyl (C=O) groups is 1. The summed E-state index contributed by atoms with van der Waals surface area (Å²) < 4.78 is 32.6. The van der Waals surface area contributed by atoms with E-state index in [9.17, 15) is 18.4 Å². The van der Waals surface area contributed by atoms with Crippen molar-refractivity contribution in [2.75, 3.05) is 13.2 Å². The zero-order chi connectivity index (χ0) is 19.1. The average molecular weight is 371 g/mol. The Hall–Kier alpha value is -3.06. The number of nitrogens with zero attached hydrogens (tertiary/aromatic N) is 1. The quantitative estimate of drug-likeness (QED) is 0.765. The van der Waals surface area contributed by atoms with E-state index < -0.39 is 29.0 Å². The number of amides is 1. The van der Waals surface area contributed by atoms with Gasteiger partial charge in [-0.25, -0.2) is 8.78 Å². The van der Waals surface area contributed by atoms with Crippen molar-refractivity contribution in [2.45, 2.75) is 12.5 Å². The van der Waals surface area contributed by atoms with Crippen LogP contribution in [0.15, 0.2) is 51.7 Å². The number of rotatable bonds is 4. The molecule has 0 saturated heterocycles. The minimum absolute atomic E-state index is 0.0395. The molecule has 0 radical (unpaired) electrons. The summed E-state index contributed by atoms with van der Waals surface area (Å²) in [6, 6.07) is 8.20. The van der Waals surface area contributed by atoms with Gasteiger partial charge in [-0.2, -0.15) is 0 Å². The van der Waals surface area contributed by atoms with Crippen LogP contribution in [0.25, 0.3) is 11.0 Å². The van der Waals surface area contributed by atoms with Gasteiger partial charge in [0.25, 0.3) is 5.91 Å². The molecule has 3 aromatic rings. The molecule has 4 rings (SSSR count). The van der Waals surface area contributed by atoms with Crippen molar-refractivity contribution in [2.24, 2.45) is 0 Å². The summed E-state index contributed by atoms with van der Waals surface area (Å²) in [5.41, 5.74) is 0.252. The minimum atomic E-state index is -0.788. The van der Waals surface area contributed by atoms with Crippen LogP contribution >= 0.6 is 0 Å². The Morgan fingerprint density at radius 3 is 2.44 bits per heavy atom. The monoisotopic (exact) mass is 371 g/mol. The summed E-state index contributed by atoms with van der Waals surface area (Å²) in [5, 5.41) is 9.19. The van der Waals surface area contributed by atoms with Crippen molar-refractivity contribution >= 4 is 16.9 Å². The fraction of sp³-hybridized carbons (Fsp3) is 0.200. The Balaban J connectivity index is 1.97. The summed E-state index contributed by atoms with van der Waals surface area (Å²) in [4.78, 5) is 27.3. The van der Waals surface area contributed by atoms with Crippen LogP contribution in [0.5, 0.6) is 0 Å². The van der Waals surface area contributed by atoms with Crippen LogP contribution < -0.4 is 5.43 Å². The molecule has 1 aliphatic heterocycles.